The third-order valence-electron chi connectivity index (χ3n) is 2.60. The molecule has 0 N–H and O–H groups in total. The minimum absolute atomic E-state index is 0.0278. The summed E-state index contributed by atoms with van der Waals surface area (Å²) in [6, 6.07) is 0. The van der Waals surface area contributed by atoms with Crippen LogP contribution in [0.15, 0.2) is 0 Å². The lowest BCUT2D eigenvalue weighted by Gasteiger charge is -2.04. The van der Waals surface area contributed by atoms with Crippen LogP contribution in [0, 0.1) is 0 Å². The van der Waals surface area contributed by atoms with Gasteiger partial charge in [0.1, 0.15) is 16.6 Å². The first-order valence-corrected chi connectivity index (χ1v) is 5.83. The summed E-state index contributed by atoms with van der Waals surface area (Å²) in [5, 5.41) is 0.905. The molecule has 1 unspecified atom stereocenters. The quantitative estimate of drug-likeness (QED) is 0.766. The van der Waals surface area contributed by atoms with Crippen molar-refractivity contribution in [2.24, 2.45) is 0 Å². The second-order valence-corrected chi connectivity index (χ2v) is 4.62. The number of rotatable bonds is 4. The van der Waals surface area contributed by atoms with Gasteiger partial charge >= 0.3 is 0 Å². The van der Waals surface area contributed by atoms with Crippen LogP contribution in [0.2, 0.25) is 0 Å². The maximum Gasteiger partial charge on any atom is 0.145 e. The molecule has 1 aromatic rings. The van der Waals surface area contributed by atoms with E-state index in [1.165, 1.54) is 24.4 Å². The first-order chi connectivity index (χ1) is 6.72. The van der Waals surface area contributed by atoms with E-state index in [1.54, 1.807) is 6.92 Å². The fraction of sp³-hybridized carbons (Fsp3) is 0.700. The lowest BCUT2D eigenvalue weighted by molar-refractivity contribution is -0.118. The van der Waals surface area contributed by atoms with Gasteiger partial charge in [-0.15, -0.1) is 0 Å². The summed E-state index contributed by atoms with van der Waals surface area (Å²) >= 11 is 1.40. The van der Waals surface area contributed by atoms with Gasteiger partial charge in [0.25, 0.3) is 0 Å². The molecular formula is C10H14N2OS. The number of hydrogen-bond acceptors (Lipinski definition) is 4. The largest absolute Gasteiger partial charge is 0.299 e. The van der Waals surface area contributed by atoms with Gasteiger partial charge in [-0.25, -0.2) is 4.98 Å². The molecule has 1 saturated carbocycles. The first-order valence-electron chi connectivity index (χ1n) is 5.06. The van der Waals surface area contributed by atoms with Crippen molar-refractivity contribution in [1.29, 1.82) is 0 Å². The Morgan fingerprint density at radius 3 is 2.86 bits per heavy atom. The Kier molecular flexibility index (Phi) is 2.63. The SMILES string of the molecule is CCC(C(C)=O)c1nc(C2CC2)ns1. The predicted molar refractivity (Wildman–Crippen MR) is 55.6 cm³/mol. The van der Waals surface area contributed by atoms with E-state index >= 15 is 0 Å². The molecule has 1 aliphatic rings. The molecule has 3 nitrogen and oxygen atoms in total. The van der Waals surface area contributed by atoms with E-state index in [1.807, 2.05) is 6.92 Å². The van der Waals surface area contributed by atoms with Crippen molar-refractivity contribution >= 4 is 17.3 Å². The molecule has 4 heteroatoms. The number of hydrogen-bond donors (Lipinski definition) is 0. The zero-order valence-corrected chi connectivity index (χ0v) is 9.30. The van der Waals surface area contributed by atoms with Crippen LogP contribution in [0.3, 0.4) is 0 Å². The van der Waals surface area contributed by atoms with Crippen LogP contribution in [0.1, 0.15) is 55.8 Å². The second-order valence-electron chi connectivity index (χ2n) is 3.84. The Labute approximate surface area is 87.7 Å². The van der Waals surface area contributed by atoms with Gasteiger partial charge in [-0.05, 0) is 37.7 Å². The van der Waals surface area contributed by atoms with E-state index in [-0.39, 0.29) is 11.7 Å². The third kappa shape index (κ3) is 1.85. The summed E-state index contributed by atoms with van der Waals surface area (Å²) in [5.74, 6) is 1.72. The van der Waals surface area contributed by atoms with Crippen LogP contribution in [0.25, 0.3) is 0 Å². The van der Waals surface area contributed by atoms with E-state index in [2.05, 4.69) is 9.36 Å². The summed E-state index contributed by atoms with van der Waals surface area (Å²) in [4.78, 5) is 15.8. The van der Waals surface area contributed by atoms with Crippen LogP contribution in [0.4, 0.5) is 0 Å². The third-order valence-corrected chi connectivity index (χ3v) is 3.44. The molecule has 1 heterocycles. The molecule has 1 atom stereocenters. The van der Waals surface area contributed by atoms with Crippen molar-refractivity contribution in [3.8, 4) is 0 Å². The Morgan fingerprint density at radius 1 is 1.64 bits per heavy atom. The van der Waals surface area contributed by atoms with Crippen molar-refractivity contribution in [2.75, 3.05) is 0 Å². The normalized spacial score (nSPS) is 18.1. The van der Waals surface area contributed by atoms with Crippen molar-refractivity contribution in [3.05, 3.63) is 10.8 Å². The van der Waals surface area contributed by atoms with Crippen LogP contribution >= 0.6 is 11.5 Å². The van der Waals surface area contributed by atoms with E-state index < -0.39 is 0 Å². The fourth-order valence-electron chi connectivity index (χ4n) is 1.53. The van der Waals surface area contributed by atoms with Gasteiger partial charge in [0.15, 0.2) is 0 Å². The van der Waals surface area contributed by atoms with Gasteiger partial charge in [-0.3, -0.25) is 4.79 Å². The van der Waals surface area contributed by atoms with E-state index in [0.29, 0.717) is 5.92 Å². The van der Waals surface area contributed by atoms with Gasteiger partial charge in [0, 0.05) is 5.92 Å². The lowest BCUT2D eigenvalue weighted by Crippen LogP contribution is -2.07. The van der Waals surface area contributed by atoms with Gasteiger partial charge < -0.3 is 0 Å². The first kappa shape index (κ1) is 9.77. The summed E-state index contributed by atoms with van der Waals surface area (Å²) < 4.78 is 4.31. The number of Topliss-reactive ketones (excluding diaryl/α,β-unsaturated/α-hetero) is 1. The average molecular weight is 210 g/mol. The molecule has 0 bridgehead atoms. The minimum atomic E-state index is -0.0278. The number of nitrogens with zero attached hydrogens (tertiary/aromatic N) is 2. The van der Waals surface area contributed by atoms with Crippen molar-refractivity contribution in [3.63, 3.8) is 0 Å². The molecule has 0 saturated heterocycles. The smallest absolute Gasteiger partial charge is 0.145 e. The zero-order valence-electron chi connectivity index (χ0n) is 8.49. The molecule has 2 rings (SSSR count). The minimum Gasteiger partial charge on any atom is -0.299 e. The molecule has 76 valence electrons. The Bertz CT molecular complexity index is 344. The molecule has 1 fully saturated rings. The van der Waals surface area contributed by atoms with E-state index in [9.17, 15) is 4.79 Å². The highest BCUT2D eigenvalue weighted by atomic mass is 32.1. The molecule has 0 aliphatic heterocycles. The monoisotopic (exact) mass is 210 g/mol. The van der Waals surface area contributed by atoms with E-state index in [4.69, 9.17) is 0 Å². The Balaban J connectivity index is 2.17. The highest BCUT2D eigenvalue weighted by molar-refractivity contribution is 7.05. The second kappa shape index (κ2) is 3.77. The van der Waals surface area contributed by atoms with Gasteiger partial charge in [0.05, 0.1) is 5.92 Å². The zero-order chi connectivity index (χ0) is 10.1. The lowest BCUT2D eigenvalue weighted by atomic mass is 10.0. The number of carbonyl (C=O) groups is 1. The Hall–Kier alpha value is -0.770. The Morgan fingerprint density at radius 2 is 2.36 bits per heavy atom. The maximum atomic E-state index is 11.3. The number of ketones is 1. The maximum absolute atomic E-state index is 11.3. The fourth-order valence-corrected chi connectivity index (χ4v) is 2.50. The number of aromatic nitrogens is 2. The van der Waals surface area contributed by atoms with E-state index in [0.717, 1.165) is 17.3 Å². The molecule has 0 radical (unpaired) electrons. The van der Waals surface area contributed by atoms with Crippen molar-refractivity contribution < 1.29 is 4.79 Å². The summed E-state index contributed by atoms with van der Waals surface area (Å²) in [6.07, 6.45) is 3.26. The predicted octanol–water partition coefficient (Wildman–Crippen LogP) is 2.50. The van der Waals surface area contributed by atoms with Crippen LogP contribution in [-0.2, 0) is 4.79 Å². The van der Waals surface area contributed by atoms with Crippen LogP contribution < -0.4 is 0 Å². The molecule has 0 spiro atoms. The van der Waals surface area contributed by atoms with Gasteiger partial charge in [-0.2, -0.15) is 4.37 Å². The van der Waals surface area contributed by atoms with Gasteiger partial charge in [-0.1, -0.05) is 6.92 Å². The molecular weight excluding hydrogens is 196 g/mol. The van der Waals surface area contributed by atoms with Crippen LogP contribution in [-0.4, -0.2) is 15.1 Å². The topological polar surface area (TPSA) is 42.9 Å². The highest BCUT2D eigenvalue weighted by Gasteiger charge is 2.29. The summed E-state index contributed by atoms with van der Waals surface area (Å²) in [5.41, 5.74) is 0. The van der Waals surface area contributed by atoms with Crippen molar-refractivity contribution in [2.45, 2.75) is 44.9 Å². The standard InChI is InChI=1S/C10H14N2OS/c1-3-8(6(2)13)10-11-9(12-14-10)7-4-5-7/h7-8H,3-5H2,1-2H3. The molecule has 14 heavy (non-hydrogen) atoms. The molecule has 1 aromatic heterocycles. The average Bonchev–Trinajstić information content (AvgIpc) is 2.88. The highest BCUT2D eigenvalue weighted by Crippen LogP contribution is 2.39. The number of carbonyl (C=O) groups excluding carboxylic acids is 1. The molecule has 0 amide bonds. The van der Waals surface area contributed by atoms with Crippen LogP contribution in [0.5, 0.6) is 0 Å². The molecule has 1 aliphatic carbocycles. The van der Waals surface area contributed by atoms with Gasteiger partial charge in [0.2, 0.25) is 0 Å². The summed E-state index contributed by atoms with van der Waals surface area (Å²) in [6.45, 7) is 3.65. The summed E-state index contributed by atoms with van der Waals surface area (Å²) in [7, 11) is 0. The molecule has 0 aromatic carbocycles. The van der Waals surface area contributed by atoms with Crippen molar-refractivity contribution in [1.82, 2.24) is 9.36 Å².